The second kappa shape index (κ2) is 12.3. The number of rotatable bonds is 8. The van der Waals surface area contributed by atoms with Crippen LogP contribution in [0.15, 0.2) is 54.9 Å². The summed E-state index contributed by atoms with van der Waals surface area (Å²) >= 11 is 0. The monoisotopic (exact) mass is 585 g/mol. The summed E-state index contributed by atoms with van der Waals surface area (Å²) in [7, 11) is 0. The first-order chi connectivity index (χ1) is 20.1. The third-order valence-corrected chi connectivity index (χ3v) is 7.37. The van der Waals surface area contributed by atoms with E-state index in [1.807, 2.05) is 11.4 Å². The number of benzene rings is 2. The molecule has 5 rings (SSSR count). The second-order valence-corrected chi connectivity index (χ2v) is 10.1. The zero-order chi connectivity index (χ0) is 29.9. The van der Waals surface area contributed by atoms with Crippen LogP contribution in [0.1, 0.15) is 36.9 Å². The van der Waals surface area contributed by atoms with Crippen LogP contribution >= 0.6 is 0 Å². The van der Waals surface area contributed by atoms with Gasteiger partial charge in [0.15, 0.2) is 5.82 Å². The van der Waals surface area contributed by atoms with E-state index in [4.69, 9.17) is 10.5 Å². The molecule has 0 bridgehead atoms. The number of carbonyl (C=O) groups excluding carboxylic acids is 1. The van der Waals surface area contributed by atoms with Gasteiger partial charge in [-0.25, -0.2) is 18.7 Å². The number of likely N-dealkylation sites (tertiary alicyclic amines) is 1. The number of nitrogens with zero attached hydrogens (tertiary/aromatic N) is 4. The molecule has 0 spiro atoms. The summed E-state index contributed by atoms with van der Waals surface area (Å²) in [5, 5.41) is 9.14. The molecule has 0 saturated carbocycles. The van der Waals surface area contributed by atoms with Crippen molar-refractivity contribution in [1.29, 1.82) is 0 Å². The number of alkyl halides is 3. The Morgan fingerprint density at radius 1 is 1.10 bits per heavy atom. The molecule has 9 nitrogen and oxygen atoms in total. The number of halogens is 4. The van der Waals surface area contributed by atoms with E-state index < -0.39 is 29.3 Å². The normalized spacial score (nSPS) is 14.8. The molecule has 13 heteroatoms. The summed E-state index contributed by atoms with van der Waals surface area (Å²) in [6, 6.07) is 9.84. The number of carbonyl (C=O) groups is 1. The molecule has 1 saturated heterocycles. The van der Waals surface area contributed by atoms with E-state index in [2.05, 4.69) is 31.7 Å². The average Bonchev–Trinajstić information content (AvgIpc) is 3.35. The van der Waals surface area contributed by atoms with Gasteiger partial charge in [0.25, 0.3) is 0 Å². The van der Waals surface area contributed by atoms with Gasteiger partial charge in [-0.15, -0.1) is 0 Å². The number of hydrogen-bond donors (Lipinski definition) is 3. The second-order valence-electron chi connectivity index (χ2n) is 10.1. The fourth-order valence-electron chi connectivity index (χ4n) is 5.21. The van der Waals surface area contributed by atoms with Gasteiger partial charge in [-0.05, 0) is 74.8 Å². The quantitative estimate of drug-likeness (QED) is 0.173. The minimum atomic E-state index is -4.67. The first-order valence-electron chi connectivity index (χ1n) is 13.6. The lowest BCUT2D eigenvalue weighted by molar-refractivity contribution is -0.137. The highest BCUT2D eigenvalue weighted by Gasteiger charge is 2.31. The van der Waals surface area contributed by atoms with Gasteiger partial charge in [0, 0.05) is 36.0 Å². The first-order valence-corrected chi connectivity index (χ1v) is 13.6. The fourth-order valence-corrected chi connectivity index (χ4v) is 5.21. The number of nitrogens with two attached hydrogens (primary N) is 1. The van der Waals surface area contributed by atoms with Crippen molar-refractivity contribution in [1.82, 2.24) is 19.5 Å². The SMILES string of the molecule is CCOCCN1CCC(c2cc(-c3ccc(NC(=O)Nc4cc(C(F)(F)F)ccc4F)cc3)c3c(N)ncnn23)CC1. The van der Waals surface area contributed by atoms with Gasteiger partial charge in [0.05, 0.1) is 17.9 Å². The van der Waals surface area contributed by atoms with E-state index in [0.29, 0.717) is 41.8 Å². The van der Waals surface area contributed by atoms with Gasteiger partial charge >= 0.3 is 12.2 Å². The maximum absolute atomic E-state index is 14.0. The molecule has 0 unspecified atom stereocenters. The van der Waals surface area contributed by atoms with Crippen LogP contribution in [0.5, 0.6) is 0 Å². The summed E-state index contributed by atoms with van der Waals surface area (Å²) in [6.07, 6.45) is -1.31. The van der Waals surface area contributed by atoms with E-state index in [-0.39, 0.29) is 5.92 Å². The molecule has 1 fully saturated rings. The van der Waals surface area contributed by atoms with Crippen molar-refractivity contribution in [3.8, 4) is 11.1 Å². The highest BCUT2D eigenvalue weighted by atomic mass is 19.4. The molecule has 3 heterocycles. The molecule has 42 heavy (non-hydrogen) atoms. The Balaban J connectivity index is 1.31. The number of anilines is 3. The number of piperidine rings is 1. The van der Waals surface area contributed by atoms with Crippen molar-refractivity contribution in [3.63, 3.8) is 0 Å². The molecule has 4 N–H and O–H groups in total. The van der Waals surface area contributed by atoms with Crippen molar-refractivity contribution in [2.24, 2.45) is 0 Å². The lowest BCUT2D eigenvalue weighted by atomic mass is 9.93. The smallest absolute Gasteiger partial charge is 0.382 e. The van der Waals surface area contributed by atoms with Crippen LogP contribution in [-0.4, -0.2) is 58.4 Å². The number of ether oxygens (including phenoxy) is 1. The Labute approximate surface area is 239 Å². The largest absolute Gasteiger partial charge is 0.416 e. The zero-order valence-electron chi connectivity index (χ0n) is 22.9. The molecule has 222 valence electrons. The maximum atomic E-state index is 14.0. The Morgan fingerprint density at radius 3 is 2.52 bits per heavy atom. The summed E-state index contributed by atoms with van der Waals surface area (Å²) in [5.74, 6) is -0.365. The van der Waals surface area contributed by atoms with Crippen molar-refractivity contribution in [2.75, 3.05) is 49.2 Å². The van der Waals surface area contributed by atoms with E-state index in [1.165, 1.54) is 6.33 Å². The molecular weight excluding hydrogens is 554 g/mol. The molecule has 2 aromatic carbocycles. The summed E-state index contributed by atoms with van der Waals surface area (Å²) in [4.78, 5) is 19.0. The summed E-state index contributed by atoms with van der Waals surface area (Å²) in [5.41, 5.74) is 8.37. The molecule has 1 aliphatic heterocycles. The van der Waals surface area contributed by atoms with E-state index in [9.17, 15) is 22.4 Å². The molecule has 0 aliphatic carbocycles. The predicted octanol–water partition coefficient (Wildman–Crippen LogP) is 6.00. The lowest BCUT2D eigenvalue weighted by Crippen LogP contribution is -2.35. The van der Waals surface area contributed by atoms with Crippen molar-refractivity contribution < 1.29 is 27.1 Å². The Morgan fingerprint density at radius 2 is 1.83 bits per heavy atom. The van der Waals surface area contributed by atoms with Gasteiger partial charge < -0.3 is 26.0 Å². The maximum Gasteiger partial charge on any atom is 0.416 e. The summed E-state index contributed by atoms with van der Waals surface area (Å²) < 4.78 is 60.3. The molecule has 0 radical (unpaired) electrons. The van der Waals surface area contributed by atoms with Gasteiger partial charge in [-0.2, -0.15) is 18.3 Å². The van der Waals surface area contributed by atoms with Crippen molar-refractivity contribution in [3.05, 3.63) is 71.9 Å². The fraction of sp³-hybridized carbons (Fsp3) is 0.345. The number of aromatic nitrogens is 3. The molecule has 4 aromatic rings. The Hall–Kier alpha value is -4.23. The van der Waals surface area contributed by atoms with Crippen LogP contribution in [0.25, 0.3) is 16.6 Å². The molecule has 0 atom stereocenters. The zero-order valence-corrected chi connectivity index (χ0v) is 22.9. The topological polar surface area (TPSA) is 110 Å². The van der Waals surface area contributed by atoms with Crippen LogP contribution in [0, 0.1) is 5.82 Å². The predicted molar refractivity (Wildman–Crippen MR) is 152 cm³/mol. The van der Waals surface area contributed by atoms with Gasteiger partial charge in [0.2, 0.25) is 0 Å². The van der Waals surface area contributed by atoms with Gasteiger partial charge in [-0.3, -0.25) is 0 Å². The van der Waals surface area contributed by atoms with E-state index in [0.717, 1.165) is 55.9 Å². The van der Waals surface area contributed by atoms with Crippen molar-refractivity contribution in [2.45, 2.75) is 31.9 Å². The van der Waals surface area contributed by atoms with Gasteiger partial charge in [0.1, 0.15) is 17.7 Å². The number of fused-ring (bicyclic) bond motifs is 1. The molecule has 2 amide bonds. The van der Waals surface area contributed by atoms with Crippen LogP contribution in [-0.2, 0) is 10.9 Å². The number of hydrogen-bond acceptors (Lipinski definition) is 6. The lowest BCUT2D eigenvalue weighted by Gasteiger charge is -2.31. The summed E-state index contributed by atoms with van der Waals surface area (Å²) in [6.45, 7) is 6.23. The number of nitrogen functional groups attached to an aromatic ring is 1. The standard InChI is InChI=1S/C29H31F4N7O2/c1-2-42-14-13-39-11-9-19(10-12-39)25-16-22(26-27(34)35-17-36-40(25)26)18-3-6-21(7-4-18)37-28(41)38-24-15-20(29(31,32)33)5-8-23(24)30/h3-8,15-17,19H,2,9-14H2,1H3,(H2,34,35,36)(H2,37,38,41). The molecular formula is C29H31F4N7O2. The number of urea groups is 1. The third-order valence-electron chi connectivity index (χ3n) is 7.37. The van der Waals surface area contributed by atoms with Crippen LogP contribution in [0.4, 0.5) is 39.5 Å². The minimum Gasteiger partial charge on any atom is -0.382 e. The highest BCUT2D eigenvalue weighted by Crippen LogP contribution is 2.37. The van der Waals surface area contributed by atoms with Crippen LogP contribution in [0.2, 0.25) is 0 Å². The van der Waals surface area contributed by atoms with E-state index >= 15 is 0 Å². The van der Waals surface area contributed by atoms with Gasteiger partial charge in [-0.1, -0.05) is 12.1 Å². The minimum absolute atomic E-state index is 0.282. The molecule has 2 aromatic heterocycles. The Bertz CT molecular complexity index is 1550. The third kappa shape index (κ3) is 6.47. The molecule has 1 aliphatic rings. The number of amides is 2. The van der Waals surface area contributed by atoms with Crippen molar-refractivity contribution >= 4 is 28.7 Å². The Kier molecular flexibility index (Phi) is 8.59. The van der Waals surface area contributed by atoms with E-state index in [1.54, 1.807) is 24.3 Å². The van der Waals surface area contributed by atoms with Crippen LogP contribution < -0.4 is 16.4 Å². The highest BCUT2D eigenvalue weighted by molar-refractivity contribution is 6.00. The average molecular weight is 586 g/mol. The number of nitrogens with one attached hydrogen (secondary N) is 2. The first kappa shape index (κ1) is 29.3. The van der Waals surface area contributed by atoms with Crippen LogP contribution in [0.3, 0.4) is 0 Å².